The van der Waals surface area contributed by atoms with E-state index in [-0.39, 0.29) is 19.0 Å². The summed E-state index contributed by atoms with van der Waals surface area (Å²) in [7, 11) is 2.00. The number of nitrogens with one attached hydrogen (secondary N) is 1. The molecule has 0 aliphatic carbocycles. The normalized spacial score (nSPS) is 13.7. The van der Waals surface area contributed by atoms with Crippen molar-refractivity contribution in [2.45, 2.75) is 0 Å². The summed E-state index contributed by atoms with van der Waals surface area (Å²) in [6, 6.07) is 7.53. The molecule has 0 atom stereocenters. The van der Waals surface area contributed by atoms with E-state index >= 15 is 0 Å². The number of hydrogen-bond donors (Lipinski definition) is 1. The van der Waals surface area contributed by atoms with Crippen LogP contribution in [-0.4, -0.2) is 39.1 Å². The van der Waals surface area contributed by atoms with Crippen LogP contribution in [0.5, 0.6) is 0 Å². The van der Waals surface area contributed by atoms with Gasteiger partial charge < -0.3 is 15.1 Å². The first-order valence-electron chi connectivity index (χ1n) is 6.01. The Balaban J connectivity index is 2.15. The van der Waals surface area contributed by atoms with E-state index in [2.05, 4.69) is 10.2 Å². The second-order valence-corrected chi connectivity index (χ2v) is 4.85. The Morgan fingerprint density at radius 2 is 2.26 bits per heavy atom. The fourth-order valence-electron chi connectivity index (χ4n) is 2.11. The van der Waals surface area contributed by atoms with E-state index in [1.165, 1.54) is 0 Å². The van der Waals surface area contributed by atoms with Gasteiger partial charge in [-0.2, -0.15) is 5.26 Å². The second-order valence-electron chi connectivity index (χ2n) is 4.41. The third-order valence-corrected chi connectivity index (χ3v) is 3.33. The third kappa shape index (κ3) is 3.09. The molecule has 1 amide bonds. The van der Waals surface area contributed by atoms with Crippen molar-refractivity contribution >= 4 is 28.9 Å². The van der Waals surface area contributed by atoms with Gasteiger partial charge in [0.05, 0.1) is 24.0 Å². The van der Waals surface area contributed by atoms with Gasteiger partial charge in [-0.05, 0) is 18.2 Å². The molecule has 0 saturated heterocycles. The van der Waals surface area contributed by atoms with Crippen molar-refractivity contribution in [1.29, 1.82) is 5.26 Å². The Kier molecular flexibility index (Phi) is 4.13. The van der Waals surface area contributed by atoms with Crippen molar-refractivity contribution in [2.75, 3.05) is 43.0 Å². The van der Waals surface area contributed by atoms with Gasteiger partial charge in [0.15, 0.2) is 0 Å². The number of likely N-dealkylation sites (N-methyl/N-ethyl adjacent to an activating group) is 1. The fourth-order valence-corrected chi connectivity index (χ4v) is 2.28. The molecule has 100 valence electrons. The number of carbonyl (C=O) groups excluding carboxylic acids is 1. The van der Waals surface area contributed by atoms with Gasteiger partial charge in [-0.15, -0.1) is 0 Å². The molecule has 5 nitrogen and oxygen atoms in total. The Bertz CT molecular complexity index is 526. The van der Waals surface area contributed by atoms with Crippen LogP contribution in [-0.2, 0) is 4.79 Å². The van der Waals surface area contributed by atoms with Crippen LogP contribution in [0, 0.1) is 11.3 Å². The van der Waals surface area contributed by atoms with Crippen LogP contribution in [0.3, 0.4) is 0 Å². The van der Waals surface area contributed by atoms with Crippen LogP contribution in [0.25, 0.3) is 0 Å². The minimum absolute atomic E-state index is 0.0417. The van der Waals surface area contributed by atoms with Gasteiger partial charge in [-0.3, -0.25) is 4.79 Å². The SMILES string of the molecule is CN1CCN(CC(=O)NCC#N)c2ccc(Cl)cc21. The van der Waals surface area contributed by atoms with Gasteiger partial charge >= 0.3 is 0 Å². The molecule has 1 aliphatic heterocycles. The Hall–Kier alpha value is -1.93. The Labute approximate surface area is 117 Å². The summed E-state index contributed by atoms with van der Waals surface area (Å²) >= 11 is 6.00. The van der Waals surface area contributed by atoms with Crippen molar-refractivity contribution in [2.24, 2.45) is 0 Å². The molecule has 6 heteroatoms. The van der Waals surface area contributed by atoms with E-state index < -0.39 is 0 Å². The predicted octanol–water partition coefficient (Wildman–Crippen LogP) is 1.24. The molecule has 0 fully saturated rings. The molecule has 0 saturated carbocycles. The number of hydrogen-bond acceptors (Lipinski definition) is 4. The average molecular weight is 279 g/mol. The highest BCUT2D eigenvalue weighted by molar-refractivity contribution is 6.31. The first kappa shape index (κ1) is 13.5. The lowest BCUT2D eigenvalue weighted by molar-refractivity contribution is -0.119. The predicted molar refractivity (Wildman–Crippen MR) is 75.6 cm³/mol. The highest BCUT2D eigenvalue weighted by Crippen LogP contribution is 2.34. The number of amides is 1. The molecule has 1 aromatic carbocycles. The monoisotopic (exact) mass is 278 g/mol. The van der Waals surface area contributed by atoms with Crippen LogP contribution in [0.2, 0.25) is 5.02 Å². The van der Waals surface area contributed by atoms with Crippen LogP contribution >= 0.6 is 11.6 Å². The fraction of sp³-hybridized carbons (Fsp3) is 0.385. The zero-order valence-electron chi connectivity index (χ0n) is 10.7. The summed E-state index contributed by atoms with van der Waals surface area (Å²) in [6.45, 7) is 1.90. The van der Waals surface area contributed by atoms with E-state index in [9.17, 15) is 4.79 Å². The van der Waals surface area contributed by atoms with Crippen molar-refractivity contribution in [3.8, 4) is 6.07 Å². The molecule has 0 radical (unpaired) electrons. The van der Waals surface area contributed by atoms with Crippen molar-refractivity contribution in [3.63, 3.8) is 0 Å². The zero-order chi connectivity index (χ0) is 13.8. The molecule has 0 bridgehead atoms. The number of fused-ring (bicyclic) bond motifs is 1. The maximum atomic E-state index is 11.7. The van der Waals surface area contributed by atoms with E-state index in [1.54, 1.807) is 0 Å². The molecule has 1 aromatic rings. The highest BCUT2D eigenvalue weighted by Gasteiger charge is 2.22. The highest BCUT2D eigenvalue weighted by atomic mass is 35.5. The number of nitriles is 1. The Morgan fingerprint density at radius 1 is 1.47 bits per heavy atom. The molecular formula is C13H15ClN4O. The lowest BCUT2D eigenvalue weighted by atomic mass is 10.1. The third-order valence-electron chi connectivity index (χ3n) is 3.09. The first-order valence-corrected chi connectivity index (χ1v) is 6.39. The molecule has 1 N–H and O–H groups in total. The van der Waals surface area contributed by atoms with E-state index in [0.29, 0.717) is 5.02 Å². The zero-order valence-corrected chi connectivity index (χ0v) is 11.4. The maximum absolute atomic E-state index is 11.7. The summed E-state index contributed by atoms with van der Waals surface area (Å²) in [6.07, 6.45) is 0. The topological polar surface area (TPSA) is 59.4 Å². The van der Waals surface area contributed by atoms with Gasteiger partial charge in [-0.1, -0.05) is 11.6 Å². The lowest BCUT2D eigenvalue weighted by Gasteiger charge is -2.36. The van der Waals surface area contributed by atoms with Crippen molar-refractivity contribution in [1.82, 2.24) is 5.32 Å². The molecule has 0 unspecified atom stereocenters. The molecule has 0 aromatic heterocycles. The summed E-state index contributed by atoms with van der Waals surface area (Å²) in [5.74, 6) is -0.146. The minimum atomic E-state index is -0.146. The molecule has 1 heterocycles. The summed E-state index contributed by atoms with van der Waals surface area (Å²) < 4.78 is 0. The quantitative estimate of drug-likeness (QED) is 0.845. The van der Waals surface area contributed by atoms with Crippen LogP contribution in [0.4, 0.5) is 11.4 Å². The lowest BCUT2D eigenvalue weighted by Crippen LogP contribution is -2.44. The number of carbonyl (C=O) groups is 1. The van der Waals surface area contributed by atoms with Gasteiger partial charge in [0.25, 0.3) is 0 Å². The molecule has 0 spiro atoms. The van der Waals surface area contributed by atoms with Crippen LogP contribution < -0.4 is 15.1 Å². The van der Waals surface area contributed by atoms with E-state index in [0.717, 1.165) is 24.5 Å². The van der Waals surface area contributed by atoms with E-state index in [1.807, 2.05) is 36.2 Å². The molecule has 19 heavy (non-hydrogen) atoms. The number of benzene rings is 1. The summed E-state index contributed by atoms with van der Waals surface area (Å²) in [5.41, 5.74) is 2.01. The number of nitrogens with zero attached hydrogens (tertiary/aromatic N) is 3. The van der Waals surface area contributed by atoms with E-state index in [4.69, 9.17) is 16.9 Å². The van der Waals surface area contributed by atoms with Gasteiger partial charge in [0, 0.05) is 25.2 Å². The van der Waals surface area contributed by atoms with Crippen molar-refractivity contribution in [3.05, 3.63) is 23.2 Å². The smallest absolute Gasteiger partial charge is 0.240 e. The van der Waals surface area contributed by atoms with Gasteiger partial charge in [-0.25, -0.2) is 0 Å². The number of rotatable bonds is 3. The second kappa shape index (κ2) is 5.81. The number of halogens is 1. The summed E-state index contributed by atoms with van der Waals surface area (Å²) in [5, 5.41) is 11.7. The molecule has 2 rings (SSSR count). The average Bonchev–Trinajstić information content (AvgIpc) is 2.40. The largest absolute Gasteiger partial charge is 0.371 e. The van der Waals surface area contributed by atoms with Gasteiger partial charge in [0.2, 0.25) is 5.91 Å². The Morgan fingerprint density at radius 3 is 3.00 bits per heavy atom. The number of anilines is 2. The molecule has 1 aliphatic rings. The standard InChI is InChI=1S/C13H15ClN4O/c1-17-6-7-18(9-13(19)16-5-4-15)11-3-2-10(14)8-12(11)17/h2-3,8H,5-7,9H2,1H3,(H,16,19). The summed E-state index contributed by atoms with van der Waals surface area (Å²) in [4.78, 5) is 15.8. The van der Waals surface area contributed by atoms with Crippen LogP contribution in [0.15, 0.2) is 18.2 Å². The van der Waals surface area contributed by atoms with Crippen molar-refractivity contribution < 1.29 is 4.79 Å². The minimum Gasteiger partial charge on any atom is -0.371 e. The molecular weight excluding hydrogens is 264 g/mol. The van der Waals surface area contributed by atoms with Gasteiger partial charge in [0.1, 0.15) is 6.54 Å². The maximum Gasteiger partial charge on any atom is 0.240 e. The first-order chi connectivity index (χ1) is 9.11. The van der Waals surface area contributed by atoms with Crippen LogP contribution in [0.1, 0.15) is 0 Å².